The Labute approximate surface area is 187 Å². The smallest absolute Gasteiger partial charge is 0.259 e. The molecule has 0 spiro atoms. The van der Waals surface area contributed by atoms with Gasteiger partial charge in [0, 0.05) is 16.3 Å². The van der Waals surface area contributed by atoms with Crippen LogP contribution in [0.3, 0.4) is 0 Å². The SMILES string of the molecule is Cc1sc2nc(CS[C@@H](C)C(=O)Nc3cnc4c(cnn4C(C)C)c3)[nH]c(=O)c2c1C. The molecule has 4 aromatic rings. The van der Waals surface area contributed by atoms with Crippen LogP contribution in [0.2, 0.25) is 0 Å². The van der Waals surface area contributed by atoms with Crippen molar-refractivity contribution in [1.29, 1.82) is 0 Å². The van der Waals surface area contributed by atoms with E-state index in [-0.39, 0.29) is 22.8 Å². The van der Waals surface area contributed by atoms with Crippen LogP contribution in [0.1, 0.15) is 43.1 Å². The highest BCUT2D eigenvalue weighted by Gasteiger charge is 2.17. The number of amides is 1. The lowest BCUT2D eigenvalue weighted by Gasteiger charge is -2.12. The summed E-state index contributed by atoms with van der Waals surface area (Å²) < 4.78 is 1.85. The first-order valence-corrected chi connectivity index (χ1v) is 11.9. The van der Waals surface area contributed by atoms with Gasteiger partial charge in [-0.3, -0.25) is 9.59 Å². The molecule has 1 atom stereocenters. The monoisotopic (exact) mass is 456 g/mol. The minimum absolute atomic E-state index is 0.124. The lowest BCUT2D eigenvalue weighted by molar-refractivity contribution is -0.115. The molecule has 0 radical (unpaired) electrons. The van der Waals surface area contributed by atoms with Crippen molar-refractivity contribution < 1.29 is 4.79 Å². The molecule has 162 valence electrons. The first kappa shape index (κ1) is 21.5. The van der Waals surface area contributed by atoms with Crippen molar-refractivity contribution in [2.45, 2.75) is 51.7 Å². The van der Waals surface area contributed by atoms with Crippen LogP contribution in [0.15, 0.2) is 23.3 Å². The molecule has 10 heteroatoms. The van der Waals surface area contributed by atoms with Gasteiger partial charge >= 0.3 is 0 Å². The molecule has 4 rings (SSSR count). The fraction of sp³-hybridized carbons (Fsp3) is 0.381. The van der Waals surface area contributed by atoms with Crippen LogP contribution in [0.5, 0.6) is 0 Å². The van der Waals surface area contributed by atoms with Gasteiger partial charge in [0.2, 0.25) is 5.91 Å². The van der Waals surface area contributed by atoms with Gasteiger partial charge < -0.3 is 10.3 Å². The molecule has 2 N–H and O–H groups in total. The molecule has 0 saturated heterocycles. The topological polar surface area (TPSA) is 106 Å². The summed E-state index contributed by atoms with van der Waals surface area (Å²) in [6, 6.07) is 2.08. The number of nitrogens with one attached hydrogen (secondary N) is 2. The zero-order valence-corrected chi connectivity index (χ0v) is 19.6. The predicted octanol–water partition coefficient (Wildman–Crippen LogP) is 4.19. The summed E-state index contributed by atoms with van der Waals surface area (Å²) in [5, 5.41) is 8.47. The van der Waals surface area contributed by atoms with Gasteiger partial charge in [0.25, 0.3) is 5.56 Å². The van der Waals surface area contributed by atoms with E-state index in [4.69, 9.17) is 0 Å². The van der Waals surface area contributed by atoms with E-state index in [0.29, 0.717) is 22.7 Å². The van der Waals surface area contributed by atoms with Gasteiger partial charge in [0.05, 0.1) is 34.5 Å². The predicted molar refractivity (Wildman–Crippen MR) is 127 cm³/mol. The molecule has 1 amide bonds. The van der Waals surface area contributed by atoms with Crippen LogP contribution in [-0.4, -0.2) is 35.9 Å². The van der Waals surface area contributed by atoms with Crippen molar-refractivity contribution in [3.8, 4) is 0 Å². The fourth-order valence-corrected chi connectivity index (χ4v) is 5.08. The van der Waals surface area contributed by atoms with E-state index in [1.165, 1.54) is 23.1 Å². The third-order valence-corrected chi connectivity index (χ3v) is 7.37. The maximum absolute atomic E-state index is 12.6. The number of pyridine rings is 1. The minimum Gasteiger partial charge on any atom is -0.324 e. The third kappa shape index (κ3) is 4.22. The number of rotatable bonds is 6. The molecule has 0 saturated carbocycles. The van der Waals surface area contributed by atoms with Gasteiger partial charge in [0.1, 0.15) is 10.7 Å². The standard InChI is InChI=1S/C21H24N6O2S2/c1-10(2)27-18-14(7-23-27)6-15(8-22-18)24-19(28)13(5)30-9-16-25-20(29)17-11(3)12(4)31-21(17)26-16/h6-8,10,13H,9H2,1-5H3,(H,24,28)(H,25,26,29)/t13-/m0/s1. The molecule has 31 heavy (non-hydrogen) atoms. The first-order chi connectivity index (χ1) is 14.7. The number of anilines is 1. The van der Waals surface area contributed by atoms with E-state index in [2.05, 4.69) is 25.4 Å². The number of aromatic nitrogens is 5. The number of thiophene rings is 1. The molecular formula is C21H24N6O2S2. The molecule has 4 aromatic heterocycles. The zero-order chi connectivity index (χ0) is 22.3. The molecule has 0 fully saturated rings. The van der Waals surface area contributed by atoms with E-state index in [1.54, 1.807) is 12.4 Å². The summed E-state index contributed by atoms with van der Waals surface area (Å²) in [6.07, 6.45) is 3.40. The average Bonchev–Trinajstić information content (AvgIpc) is 3.26. The summed E-state index contributed by atoms with van der Waals surface area (Å²) in [7, 11) is 0. The number of H-pyrrole nitrogens is 1. The molecule has 0 aliphatic heterocycles. The Morgan fingerprint density at radius 3 is 2.81 bits per heavy atom. The summed E-state index contributed by atoms with van der Waals surface area (Å²) in [4.78, 5) is 38.8. The van der Waals surface area contributed by atoms with Gasteiger partial charge in [0.15, 0.2) is 5.65 Å². The Balaban J connectivity index is 1.42. The molecule has 8 nitrogen and oxygen atoms in total. The van der Waals surface area contributed by atoms with Crippen LogP contribution in [-0.2, 0) is 10.5 Å². The molecule has 0 aromatic carbocycles. The van der Waals surface area contributed by atoms with Crippen LogP contribution >= 0.6 is 23.1 Å². The number of hydrogen-bond donors (Lipinski definition) is 2. The van der Waals surface area contributed by atoms with Crippen molar-refractivity contribution >= 4 is 55.9 Å². The fourth-order valence-electron chi connectivity index (χ4n) is 3.28. The van der Waals surface area contributed by atoms with E-state index in [9.17, 15) is 9.59 Å². The van der Waals surface area contributed by atoms with Crippen LogP contribution in [0.25, 0.3) is 21.3 Å². The summed E-state index contributed by atoms with van der Waals surface area (Å²) in [5.74, 6) is 0.884. The van der Waals surface area contributed by atoms with Crippen molar-refractivity contribution in [3.05, 3.63) is 45.1 Å². The Kier molecular flexibility index (Phi) is 5.85. The van der Waals surface area contributed by atoms with Crippen molar-refractivity contribution in [3.63, 3.8) is 0 Å². The van der Waals surface area contributed by atoms with Crippen molar-refractivity contribution in [2.75, 3.05) is 5.32 Å². The Bertz CT molecular complexity index is 1340. The van der Waals surface area contributed by atoms with E-state index >= 15 is 0 Å². The van der Waals surface area contributed by atoms with Gasteiger partial charge in [-0.1, -0.05) is 0 Å². The largest absolute Gasteiger partial charge is 0.324 e. The highest BCUT2D eigenvalue weighted by molar-refractivity contribution is 7.99. The van der Waals surface area contributed by atoms with Crippen molar-refractivity contribution in [2.24, 2.45) is 0 Å². The second-order valence-electron chi connectivity index (χ2n) is 7.74. The molecule has 0 aliphatic rings. The van der Waals surface area contributed by atoms with Crippen LogP contribution in [0.4, 0.5) is 5.69 Å². The number of hydrogen-bond acceptors (Lipinski definition) is 7. The lowest BCUT2D eigenvalue weighted by atomic mass is 10.2. The summed E-state index contributed by atoms with van der Waals surface area (Å²) >= 11 is 2.94. The highest BCUT2D eigenvalue weighted by Crippen LogP contribution is 2.27. The van der Waals surface area contributed by atoms with E-state index < -0.39 is 0 Å². The summed E-state index contributed by atoms with van der Waals surface area (Å²) in [6.45, 7) is 9.85. The number of carbonyl (C=O) groups is 1. The maximum atomic E-state index is 12.6. The van der Waals surface area contributed by atoms with Gasteiger partial charge in [-0.2, -0.15) is 5.10 Å². The zero-order valence-electron chi connectivity index (χ0n) is 18.0. The second-order valence-corrected chi connectivity index (χ2v) is 10.3. The Morgan fingerprint density at radius 2 is 2.06 bits per heavy atom. The van der Waals surface area contributed by atoms with Gasteiger partial charge in [-0.05, 0) is 46.2 Å². The first-order valence-electron chi connectivity index (χ1n) is 9.99. The number of nitrogens with zero attached hydrogens (tertiary/aromatic N) is 4. The van der Waals surface area contributed by atoms with E-state index in [1.807, 2.05) is 45.4 Å². The third-order valence-electron chi connectivity index (χ3n) is 5.12. The van der Waals surface area contributed by atoms with Crippen LogP contribution < -0.4 is 10.9 Å². The number of thioether (sulfide) groups is 1. The number of fused-ring (bicyclic) bond motifs is 2. The van der Waals surface area contributed by atoms with Gasteiger partial charge in [-0.15, -0.1) is 23.1 Å². The number of aryl methyl sites for hydroxylation is 2. The minimum atomic E-state index is -0.332. The highest BCUT2D eigenvalue weighted by atomic mass is 32.2. The van der Waals surface area contributed by atoms with Gasteiger partial charge in [-0.25, -0.2) is 14.6 Å². The molecule has 0 bridgehead atoms. The number of aromatic amines is 1. The Morgan fingerprint density at radius 1 is 1.29 bits per heavy atom. The summed E-state index contributed by atoms with van der Waals surface area (Å²) in [5.41, 5.74) is 2.27. The number of carbonyl (C=O) groups excluding carboxylic acids is 1. The molecular weight excluding hydrogens is 432 g/mol. The second kappa shape index (κ2) is 8.43. The average molecular weight is 457 g/mol. The normalized spacial score (nSPS) is 12.7. The van der Waals surface area contributed by atoms with Crippen LogP contribution in [0, 0.1) is 13.8 Å². The quantitative estimate of drug-likeness (QED) is 0.451. The molecule has 4 heterocycles. The lowest BCUT2D eigenvalue weighted by Crippen LogP contribution is -2.23. The molecule has 0 unspecified atom stereocenters. The van der Waals surface area contributed by atoms with E-state index in [0.717, 1.165) is 26.3 Å². The Hall–Kier alpha value is -2.72. The van der Waals surface area contributed by atoms with Crippen molar-refractivity contribution in [1.82, 2.24) is 24.7 Å². The molecule has 0 aliphatic carbocycles. The maximum Gasteiger partial charge on any atom is 0.259 e.